The summed E-state index contributed by atoms with van der Waals surface area (Å²) in [6.07, 6.45) is 0.349. The van der Waals surface area contributed by atoms with E-state index < -0.39 is 5.91 Å². The van der Waals surface area contributed by atoms with Gasteiger partial charge in [0.2, 0.25) is 5.91 Å². The van der Waals surface area contributed by atoms with E-state index in [-0.39, 0.29) is 21.9 Å². The van der Waals surface area contributed by atoms with E-state index in [0.29, 0.717) is 23.4 Å². The number of anilines is 2. The Bertz CT molecular complexity index is 1040. The molecule has 1 aromatic heterocycles. The lowest BCUT2D eigenvalue weighted by atomic mass is 10.2. The van der Waals surface area contributed by atoms with Crippen LogP contribution < -0.4 is 21.3 Å². The summed E-state index contributed by atoms with van der Waals surface area (Å²) in [5.41, 5.74) is 2.01. The zero-order valence-electron chi connectivity index (χ0n) is 15.4. The zero-order chi connectivity index (χ0) is 20.8. The Labute approximate surface area is 177 Å². The van der Waals surface area contributed by atoms with Gasteiger partial charge in [0.1, 0.15) is 5.58 Å². The zero-order valence-corrected chi connectivity index (χ0v) is 17.1. The summed E-state index contributed by atoms with van der Waals surface area (Å²) in [6, 6.07) is 16.1. The molecule has 0 spiro atoms. The summed E-state index contributed by atoms with van der Waals surface area (Å²) in [5, 5.41) is 12.2. The van der Waals surface area contributed by atoms with Crippen molar-refractivity contribution >= 4 is 68.8 Å². The van der Waals surface area contributed by atoms with Crippen LogP contribution in [0.5, 0.6) is 0 Å². The minimum absolute atomic E-state index is 0.141. The van der Waals surface area contributed by atoms with Gasteiger partial charge in [-0.15, -0.1) is 0 Å². The summed E-state index contributed by atoms with van der Waals surface area (Å²) < 4.78 is 5.52. The molecule has 9 heteroatoms. The van der Waals surface area contributed by atoms with Crippen LogP contribution >= 0.6 is 24.4 Å². The summed E-state index contributed by atoms with van der Waals surface area (Å²) in [7, 11) is 0. The first kappa shape index (κ1) is 20.4. The molecule has 3 rings (SSSR count). The average Bonchev–Trinajstić information content (AvgIpc) is 3.13. The molecule has 29 heavy (non-hydrogen) atoms. The van der Waals surface area contributed by atoms with Crippen molar-refractivity contribution in [3.8, 4) is 0 Å². The minimum atomic E-state index is -0.436. The maximum atomic E-state index is 12.3. The van der Waals surface area contributed by atoms with Crippen molar-refractivity contribution in [2.24, 2.45) is 0 Å². The van der Waals surface area contributed by atoms with Gasteiger partial charge in [0.25, 0.3) is 5.91 Å². The molecule has 0 saturated carbocycles. The molecule has 2 aromatic carbocycles. The smallest absolute Gasteiger partial charge is 0.293 e. The van der Waals surface area contributed by atoms with Crippen LogP contribution in [0.4, 0.5) is 11.4 Å². The molecule has 0 saturated heterocycles. The number of carbonyl (C=O) groups is 2. The second-order valence-corrected chi connectivity index (χ2v) is 6.81. The predicted octanol–water partition coefficient (Wildman–Crippen LogP) is 3.78. The highest BCUT2D eigenvalue weighted by atomic mass is 32.1. The molecular weight excluding hydrogens is 408 g/mol. The number of benzene rings is 2. The molecule has 2 amide bonds. The van der Waals surface area contributed by atoms with Crippen LogP contribution in [0, 0.1) is 0 Å². The number of hydrogen-bond acceptors (Lipinski definition) is 5. The number of rotatable bonds is 4. The second-order valence-electron chi connectivity index (χ2n) is 5.99. The van der Waals surface area contributed by atoms with Gasteiger partial charge in [-0.3, -0.25) is 14.9 Å². The SMILES string of the molecule is CCC(=O)NC(=S)Nc1ccc(NC(=S)NC(=O)c2cc3ccccc3o2)cc1. The van der Waals surface area contributed by atoms with Crippen LogP contribution in [0.1, 0.15) is 23.9 Å². The number of fused-ring (bicyclic) bond motifs is 1. The van der Waals surface area contributed by atoms with Gasteiger partial charge in [-0.25, -0.2) is 0 Å². The van der Waals surface area contributed by atoms with E-state index in [1.54, 1.807) is 43.3 Å². The molecule has 0 fully saturated rings. The number of amides is 2. The molecule has 4 N–H and O–H groups in total. The van der Waals surface area contributed by atoms with Gasteiger partial charge in [-0.05, 0) is 60.8 Å². The average molecular weight is 427 g/mol. The van der Waals surface area contributed by atoms with Gasteiger partial charge in [0.15, 0.2) is 16.0 Å². The molecule has 0 unspecified atom stereocenters. The lowest BCUT2D eigenvalue weighted by Crippen LogP contribution is -2.34. The molecule has 1 heterocycles. The molecule has 0 aliphatic carbocycles. The van der Waals surface area contributed by atoms with E-state index in [1.165, 1.54) is 0 Å². The summed E-state index contributed by atoms with van der Waals surface area (Å²) in [5.74, 6) is -0.419. The maximum absolute atomic E-state index is 12.3. The van der Waals surface area contributed by atoms with Crippen LogP contribution in [0.25, 0.3) is 11.0 Å². The van der Waals surface area contributed by atoms with Crippen molar-refractivity contribution < 1.29 is 14.0 Å². The lowest BCUT2D eigenvalue weighted by Gasteiger charge is -2.11. The highest BCUT2D eigenvalue weighted by Gasteiger charge is 2.13. The number of nitrogens with one attached hydrogen (secondary N) is 4. The van der Waals surface area contributed by atoms with E-state index in [0.717, 1.165) is 5.39 Å². The van der Waals surface area contributed by atoms with Crippen LogP contribution in [-0.2, 0) is 4.79 Å². The van der Waals surface area contributed by atoms with Crippen molar-refractivity contribution in [1.82, 2.24) is 10.6 Å². The molecular formula is C20H18N4O3S2. The van der Waals surface area contributed by atoms with Crippen LogP contribution in [0.3, 0.4) is 0 Å². The Kier molecular flexibility index (Phi) is 6.53. The number of furan rings is 1. The normalized spacial score (nSPS) is 10.2. The third kappa shape index (κ3) is 5.59. The Morgan fingerprint density at radius 2 is 1.48 bits per heavy atom. The maximum Gasteiger partial charge on any atom is 0.293 e. The van der Waals surface area contributed by atoms with Gasteiger partial charge < -0.3 is 20.4 Å². The van der Waals surface area contributed by atoms with E-state index >= 15 is 0 Å². The largest absolute Gasteiger partial charge is 0.451 e. The summed E-state index contributed by atoms with van der Waals surface area (Å²) >= 11 is 10.3. The monoisotopic (exact) mass is 426 g/mol. The highest BCUT2D eigenvalue weighted by Crippen LogP contribution is 2.19. The van der Waals surface area contributed by atoms with E-state index in [2.05, 4.69) is 21.3 Å². The molecule has 0 aliphatic rings. The molecule has 0 aliphatic heterocycles. The minimum Gasteiger partial charge on any atom is -0.451 e. The summed E-state index contributed by atoms with van der Waals surface area (Å²) in [6.45, 7) is 1.74. The van der Waals surface area contributed by atoms with Crippen molar-refractivity contribution in [1.29, 1.82) is 0 Å². The highest BCUT2D eigenvalue weighted by molar-refractivity contribution is 7.80. The number of thiocarbonyl (C=S) groups is 2. The van der Waals surface area contributed by atoms with E-state index in [9.17, 15) is 9.59 Å². The van der Waals surface area contributed by atoms with Gasteiger partial charge in [-0.2, -0.15) is 0 Å². The Morgan fingerprint density at radius 1 is 0.897 bits per heavy atom. The fourth-order valence-electron chi connectivity index (χ4n) is 2.44. The van der Waals surface area contributed by atoms with Crippen molar-refractivity contribution in [2.45, 2.75) is 13.3 Å². The molecule has 0 radical (unpaired) electrons. The fraction of sp³-hybridized carbons (Fsp3) is 0.100. The first-order valence-corrected chi connectivity index (χ1v) is 9.58. The third-order valence-electron chi connectivity index (χ3n) is 3.85. The Morgan fingerprint density at radius 3 is 2.07 bits per heavy atom. The van der Waals surface area contributed by atoms with Gasteiger partial charge in [0, 0.05) is 23.2 Å². The number of hydrogen-bond donors (Lipinski definition) is 4. The molecule has 0 atom stereocenters. The standard InChI is InChI=1S/C20H18N4O3S2/c1-2-17(25)23-19(28)21-13-7-9-14(10-8-13)22-20(29)24-18(26)16-11-12-5-3-4-6-15(12)27-16/h3-11H,2H2,1H3,(H2,21,23,25,28)(H2,22,24,26,29). The Hall–Kier alpha value is -3.30. The summed E-state index contributed by atoms with van der Waals surface area (Å²) in [4.78, 5) is 23.6. The van der Waals surface area contributed by atoms with Crippen molar-refractivity contribution in [3.63, 3.8) is 0 Å². The van der Waals surface area contributed by atoms with Gasteiger partial charge in [-0.1, -0.05) is 25.1 Å². The third-order valence-corrected chi connectivity index (χ3v) is 4.26. The second kappa shape index (κ2) is 9.26. The van der Waals surface area contributed by atoms with Crippen molar-refractivity contribution in [2.75, 3.05) is 10.6 Å². The quantitative estimate of drug-likeness (QED) is 0.472. The number of carbonyl (C=O) groups excluding carboxylic acids is 2. The van der Waals surface area contributed by atoms with Crippen molar-refractivity contribution in [3.05, 3.63) is 60.4 Å². The molecule has 148 valence electrons. The molecule has 0 bridgehead atoms. The van der Waals surface area contributed by atoms with E-state index in [4.69, 9.17) is 28.9 Å². The van der Waals surface area contributed by atoms with Gasteiger partial charge >= 0.3 is 0 Å². The first-order valence-electron chi connectivity index (χ1n) is 8.76. The number of para-hydroxylation sites is 1. The predicted molar refractivity (Wildman–Crippen MR) is 121 cm³/mol. The molecule has 7 nitrogen and oxygen atoms in total. The van der Waals surface area contributed by atoms with Crippen LogP contribution in [0.15, 0.2) is 59.0 Å². The van der Waals surface area contributed by atoms with Crippen LogP contribution in [-0.4, -0.2) is 22.0 Å². The molecule has 3 aromatic rings. The first-order chi connectivity index (χ1) is 13.9. The fourth-order valence-corrected chi connectivity index (χ4v) is 2.88. The Balaban J connectivity index is 1.54. The van der Waals surface area contributed by atoms with E-state index in [1.807, 2.05) is 18.2 Å². The van der Waals surface area contributed by atoms with Gasteiger partial charge in [0.05, 0.1) is 0 Å². The van der Waals surface area contributed by atoms with Crippen LogP contribution in [0.2, 0.25) is 0 Å². The topological polar surface area (TPSA) is 95.4 Å². The lowest BCUT2D eigenvalue weighted by molar-refractivity contribution is -0.119.